The van der Waals surface area contributed by atoms with Gasteiger partial charge in [-0.25, -0.2) is 9.59 Å². The number of phenols is 2. The Morgan fingerprint density at radius 3 is 2.44 bits per heavy atom. The highest BCUT2D eigenvalue weighted by Crippen LogP contribution is 2.46. The lowest BCUT2D eigenvalue weighted by molar-refractivity contribution is -0.647. The fourth-order valence-electron chi connectivity index (χ4n) is 5.59. The molecule has 1 unspecified atom stereocenters. The number of nitrogens with one attached hydrogen (secondary N) is 4. The summed E-state index contributed by atoms with van der Waals surface area (Å²) in [5.74, 6) is -6.40. The van der Waals surface area contributed by atoms with E-state index in [0.717, 1.165) is 33.7 Å². The minimum Gasteiger partial charge on any atom is -0.504 e. The first kappa shape index (κ1) is 35.8. The number of likely N-dealkylation sites (N-methyl/N-ethyl adjacent to an activating group) is 1. The SMILES string of the molecule is CCN1CCN(C(=O)NC(C(=O)N[C@]2(NC=O)C(=O)N3C(C(=O)O)=C(CSc4cc[n+](NC)cc4)CS[C@@H]32)c2ccc(O)c(O)c2)C(=O)C1=O. The molecule has 1 aromatic carbocycles. The second-order valence-electron chi connectivity index (χ2n) is 11.1. The molecule has 20 heteroatoms. The molecule has 3 aliphatic heterocycles. The molecule has 0 spiro atoms. The number of hydrogen-bond acceptors (Lipinski definition) is 12. The smallest absolute Gasteiger partial charge is 0.352 e. The highest BCUT2D eigenvalue weighted by atomic mass is 32.2. The third-order valence-corrected chi connectivity index (χ3v) is 10.7. The number of benzene rings is 1. The van der Waals surface area contributed by atoms with E-state index in [1.54, 1.807) is 31.0 Å². The maximum absolute atomic E-state index is 14.0. The Balaban J connectivity index is 1.41. The largest absolute Gasteiger partial charge is 0.504 e. The van der Waals surface area contributed by atoms with Gasteiger partial charge in [0, 0.05) is 48.2 Å². The summed E-state index contributed by atoms with van der Waals surface area (Å²) in [6, 6.07) is 3.94. The van der Waals surface area contributed by atoms with Crippen LogP contribution in [-0.2, 0) is 28.8 Å². The molecule has 2 saturated heterocycles. The number of carbonyl (C=O) groups is 7. The van der Waals surface area contributed by atoms with Gasteiger partial charge in [0.05, 0.1) is 7.05 Å². The van der Waals surface area contributed by atoms with E-state index in [1.165, 1.54) is 22.7 Å². The number of carboxylic acids is 1. The predicted molar refractivity (Wildman–Crippen MR) is 175 cm³/mol. The van der Waals surface area contributed by atoms with Gasteiger partial charge in [0.15, 0.2) is 11.5 Å². The monoisotopic (exact) mass is 729 g/mol. The summed E-state index contributed by atoms with van der Waals surface area (Å²) in [6.45, 7) is 1.75. The first-order chi connectivity index (χ1) is 23.9. The van der Waals surface area contributed by atoms with Crippen molar-refractivity contribution < 1.29 is 53.6 Å². The maximum atomic E-state index is 14.0. The zero-order valence-electron chi connectivity index (χ0n) is 26.6. The fourth-order valence-corrected chi connectivity index (χ4v) is 8.04. The van der Waals surface area contributed by atoms with Gasteiger partial charge >= 0.3 is 23.8 Å². The van der Waals surface area contributed by atoms with Gasteiger partial charge < -0.3 is 36.2 Å². The van der Waals surface area contributed by atoms with E-state index in [-0.39, 0.29) is 48.8 Å². The molecule has 0 bridgehead atoms. The summed E-state index contributed by atoms with van der Waals surface area (Å²) in [5, 5.41) is 36.2. The lowest BCUT2D eigenvalue weighted by Crippen LogP contribution is -2.85. The van der Waals surface area contributed by atoms with E-state index in [0.29, 0.717) is 10.5 Å². The van der Waals surface area contributed by atoms with Gasteiger partial charge in [-0.2, -0.15) is 5.43 Å². The Bertz CT molecular complexity index is 1790. The number of piperazine rings is 1. The molecule has 2 fully saturated rings. The second kappa shape index (κ2) is 14.5. The number of carboxylic acid groups (broad SMARTS) is 1. The van der Waals surface area contributed by atoms with Gasteiger partial charge in [-0.15, -0.1) is 23.5 Å². The number of urea groups is 1. The van der Waals surface area contributed by atoms with Crippen molar-refractivity contribution in [1.29, 1.82) is 0 Å². The molecule has 0 saturated carbocycles. The van der Waals surface area contributed by atoms with Crippen molar-refractivity contribution >= 4 is 65.6 Å². The molecule has 0 aliphatic carbocycles. The molecule has 7 N–H and O–H groups in total. The van der Waals surface area contributed by atoms with Crippen LogP contribution < -0.4 is 26.1 Å². The number of aliphatic carboxylic acids is 1. The van der Waals surface area contributed by atoms with Crippen LogP contribution in [0.15, 0.2) is 58.9 Å². The van der Waals surface area contributed by atoms with Crippen LogP contribution in [0.5, 0.6) is 11.5 Å². The van der Waals surface area contributed by atoms with Gasteiger partial charge in [-0.3, -0.25) is 33.8 Å². The maximum Gasteiger partial charge on any atom is 0.352 e. The zero-order valence-corrected chi connectivity index (χ0v) is 28.2. The Morgan fingerprint density at radius 2 is 1.82 bits per heavy atom. The Kier molecular flexibility index (Phi) is 10.4. The number of hydrogen-bond donors (Lipinski definition) is 7. The van der Waals surface area contributed by atoms with Crippen molar-refractivity contribution in [2.24, 2.45) is 0 Å². The molecule has 0 radical (unpaired) electrons. The number of fused-ring (bicyclic) bond motifs is 1. The summed E-state index contributed by atoms with van der Waals surface area (Å²) >= 11 is 2.45. The van der Waals surface area contributed by atoms with Gasteiger partial charge in [0.25, 0.3) is 5.91 Å². The van der Waals surface area contributed by atoms with Crippen LogP contribution in [0, 0.1) is 0 Å². The molecule has 3 aliphatic rings. The topological polar surface area (TPSA) is 242 Å². The minimum atomic E-state index is -2.16. The predicted octanol–water partition coefficient (Wildman–Crippen LogP) is -1.40. The third kappa shape index (κ3) is 6.58. The molecule has 50 heavy (non-hydrogen) atoms. The van der Waals surface area contributed by atoms with E-state index >= 15 is 0 Å². The van der Waals surface area contributed by atoms with Crippen molar-refractivity contribution in [3.05, 3.63) is 59.6 Å². The zero-order chi connectivity index (χ0) is 36.3. The molecule has 1 aromatic heterocycles. The Hall–Kier alpha value is -5.50. The molecule has 5 rings (SSSR count). The van der Waals surface area contributed by atoms with Crippen molar-refractivity contribution in [3.63, 3.8) is 0 Å². The van der Waals surface area contributed by atoms with E-state index < -0.39 is 64.2 Å². The number of phenolic OH excluding ortho intramolecular Hbond substituents is 2. The highest BCUT2D eigenvalue weighted by molar-refractivity contribution is 8.01. The van der Waals surface area contributed by atoms with Gasteiger partial charge in [-0.1, -0.05) is 10.7 Å². The number of aromatic hydroxyl groups is 2. The number of β-lactam (4-membered cyclic amide) rings is 1. The fraction of sp³-hybridized carbons (Fsp3) is 0.333. The lowest BCUT2D eigenvalue weighted by Gasteiger charge is -2.56. The molecule has 2 aromatic rings. The number of amides is 7. The van der Waals surface area contributed by atoms with Crippen LogP contribution >= 0.6 is 23.5 Å². The van der Waals surface area contributed by atoms with Gasteiger partial charge in [-0.05, 0) is 30.2 Å². The van der Waals surface area contributed by atoms with Crippen molar-refractivity contribution in [1.82, 2.24) is 30.7 Å². The first-order valence-electron chi connectivity index (χ1n) is 15.1. The molecule has 18 nitrogen and oxygen atoms in total. The van der Waals surface area contributed by atoms with Crippen molar-refractivity contribution in [2.75, 3.05) is 43.6 Å². The average molecular weight is 730 g/mol. The van der Waals surface area contributed by atoms with Gasteiger partial charge in [0.2, 0.25) is 30.4 Å². The number of thioether (sulfide) groups is 2. The average Bonchev–Trinajstić information content (AvgIpc) is 3.11. The number of nitrogens with zero attached hydrogens (tertiary/aromatic N) is 4. The Labute approximate surface area is 292 Å². The summed E-state index contributed by atoms with van der Waals surface area (Å²) in [7, 11) is 1.74. The third-order valence-electron chi connectivity index (χ3n) is 8.23. The molecule has 264 valence electrons. The standard InChI is InChI=1S/C30H32N8O10S2/c1-3-35-10-11-37(25(44)24(35)43)29(48)33-21(16-4-5-19(40)20(41)12-16)23(42)34-30(32-15-39)27(47)38-22(26(45)46)17(14-50-28(30)38)13-49-18-6-8-36(31-2)9-7-18/h4-9,12,15,21,28,31H,3,10-11,13-14H2,1-2H3,(H5-,32,33,34,39,40,41,42,43,44,45,46,48)/p+1/t21?,28-,30-/m1/s1. The van der Waals surface area contributed by atoms with Gasteiger partial charge in [0.1, 0.15) is 17.1 Å². The second-order valence-corrected chi connectivity index (χ2v) is 13.2. The molecule has 7 amide bonds. The van der Waals surface area contributed by atoms with Crippen LogP contribution in [0.25, 0.3) is 0 Å². The highest BCUT2D eigenvalue weighted by Gasteiger charge is 2.66. The van der Waals surface area contributed by atoms with Crippen LogP contribution in [-0.4, -0.2) is 121 Å². The number of aromatic nitrogens is 1. The summed E-state index contributed by atoms with van der Waals surface area (Å²) in [6.07, 6.45) is 3.72. The number of pyridine rings is 1. The van der Waals surface area contributed by atoms with Crippen molar-refractivity contribution in [2.45, 2.75) is 28.9 Å². The quantitative estimate of drug-likeness (QED) is 0.0253. The molecular weight excluding hydrogens is 697 g/mol. The van der Waals surface area contributed by atoms with E-state index in [1.807, 2.05) is 12.1 Å². The van der Waals surface area contributed by atoms with Crippen LogP contribution in [0.3, 0.4) is 0 Å². The van der Waals surface area contributed by atoms with Crippen LogP contribution in [0.1, 0.15) is 18.5 Å². The Morgan fingerprint density at radius 1 is 1.10 bits per heavy atom. The molecular formula is C30H33N8O10S2+. The van der Waals surface area contributed by atoms with Crippen LogP contribution in [0.4, 0.5) is 4.79 Å². The molecule has 3 atom stereocenters. The number of rotatable bonds is 12. The van der Waals surface area contributed by atoms with Crippen molar-refractivity contribution in [3.8, 4) is 11.5 Å². The van der Waals surface area contributed by atoms with E-state index in [2.05, 4.69) is 21.4 Å². The first-order valence-corrected chi connectivity index (χ1v) is 17.1. The normalized spacial score (nSPS) is 20.8. The summed E-state index contributed by atoms with van der Waals surface area (Å²) in [4.78, 5) is 94.2. The van der Waals surface area contributed by atoms with E-state index in [4.69, 9.17) is 0 Å². The summed E-state index contributed by atoms with van der Waals surface area (Å²) < 4.78 is 1.72. The minimum absolute atomic E-state index is 0.0442. The lowest BCUT2D eigenvalue weighted by atomic mass is 9.94. The molecule has 4 heterocycles. The number of imide groups is 1. The summed E-state index contributed by atoms with van der Waals surface area (Å²) in [5.41, 5.74) is 0.792. The number of carbonyl (C=O) groups excluding carboxylic acids is 6. The van der Waals surface area contributed by atoms with E-state index in [9.17, 15) is 48.9 Å². The van der Waals surface area contributed by atoms with Crippen LogP contribution in [0.2, 0.25) is 0 Å².